The Kier molecular flexibility index (Phi) is 3.63. The van der Waals surface area contributed by atoms with Crippen molar-refractivity contribution in [3.8, 4) is 0 Å². The van der Waals surface area contributed by atoms with E-state index in [1.807, 2.05) is 20.8 Å². The van der Waals surface area contributed by atoms with E-state index in [4.69, 9.17) is 4.74 Å². The van der Waals surface area contributed by atoms with Crippen molar-refractivity contribution in [3.05, 3.63) is 0 Å². The second-order valence-corrected chi connectivity index (χ2v) is 5.88. The summed E-state index contributed by atoms with van der Waals surface area (Å²) in [7, 11) is 0. The van der Waals surface area contributed by atoms with Crippen molar-refractivity contribution in [2.75, 3.05) is 13.1 Å². The minimum atomic E-state index is -0.375. The molecule has 3 nitrogen and oxygen atoms in total. The van der Waals surface area contributed by atoms with Crippen molar-refractivity contribution in [2.45, 2.75) is 46.6 Å². The lowest BCUT2D eigenvalue weighted by atomic mass is 9.91. The monoisotopic (exact) mass is 213 g/mol. The van der Waals surface area contributed by atoms with Crippen molar-refractivity contribution in [2.24, 2.45) is 11.8 Å². The van der Waals surface area contributed by atoms with Crippen LogP contribution in [0.5, 0.6) is 0 Å². The Hall–Kier alpha value is -0.730. The molecule has 0 unspecified atom stereocenters. The molecule has 1 rings (SSSR count). The Morgan fingerprint density at radius 2 is 1.93 bits per heavy atom. The van der Waals surface area contributed by atoms with Gasteiger partial charge in [0.2, 0.25) is 0 Å². The highest BCUT2D eigenvalue weighted by atomic mass is 16.6. The highest BCUT2D eigenvalue weighted by Gasteiger charge is 2.33. The van der Waals surface area contributed by atoms with E-state index in [9.17, 15) is 4.79 Å². The Bertz CT molecular complexity index is 224. The molecule has 0 saturated carbocycles. The number of nitrogens with zero attached hydrogens (tertiary/aromatic N) is 1. The molecule has 0 radical (unpaired) electrons. The van der Waals surface area contributed by atoms with Gasteiger partial charge in [-0.15, -0.1) is 0 Å². The lowest BCUT2D eigenvalue weighted by Gasteiger charge is -2.40. The zero-order chi connectivity index (χ0) is 11.6. The maximum Gasteiger partial charge on any atom is 0.410 e. The first kappa shape index (κ1) is 12.3. The van der Waals surface area contributed by atoms with Crippen LogP contribution in [-0.4, -0.2) is 29.7 Å². The highest BCUT2D eigenvalue weighted by molar-refractivity contribution is 5.69. The van der Waals surface area contributed by atoms with Gasteiger partial charge in [0.15, 0.2) is 0 Å². The number of carbonyl (C=O) groups is 1. The third kappa shape index (κ3) is 4.10. The van der Waals surface area contributed by atoms with Gasteiger partial charge in [-0.05, 0) is 39.0 Å². The summed E-state index contributed by atoms with van der Waals surface area (Å²) < 4.78 is 5.28. The molecule has 1 heterocycles. The summed E-state index contributed by atoms with van der Waals surface area (Å²) in [5.74, 6) is 1.40. The van der Waals surface area contributed by atoms with Gasteiger partial charge in [0.1, 0.15) is 5.60 Å². The molecule has 3 heteroatoms. The lowest BCUT2D eigenvalue weighted by molar-refractivity contribution is -0.00381. The summed E-state index contributed by atoms with van der Waals surface area (Å²) in [6, 6.07) is 0. The summed E-state index contributed by atoms with van der Waals surface area (Å²) in [4.78, 5) is 13.4. The number of amides is 1. The lowest BCUT2D eigenvalue weighted by Crippen LogP contribution is -2.51. The molecule has 0 atom stereocenters. The van der Waals surface area contributed by atoms with Gasteiger partial charge in [0.05, 0.1) is 0 Å². The molecule has 1 amide bonds. The molecule has 0 aliphatic carbocycles. The van der Waals surface area contributed by atoms with Crippen LogP contribution >= 0.6 is 0 Å². The van der Waals surface area contributed by atoms with Crippen LogP contribution in [0, 0.1) is 11.8 Å². The molecule has 0 aromatic rings. The maximum atomic E-state index is 11.6. The molecule has 0 N–H and O–H groups in total. The minimum Gasteiger partial charge on any atom is -0.444 e. The Morgan fingerprint density at radius 1 is 1.40 bits per heavy atom. The van der Waals surface area contributed by atoms with Gasteiger partial charge in [0.25, 0.3) is 0 Å². The third-order valence-corrected chi connectivity index (χ3v) is 2.41. The minimum absolute atomic E-state index is 0.164. The first-order valence-electron chi connectivity index (χ1n) is 5.76. The molecule has 1 aliphatic rings. The molecule has 1 fully saturated rings. The summed E-state index contributed by atoms with van der Waals surface area (Å²) in [6.07, 6.45) is 1.04. The highest BCUT2D eigenvalue weighted by Crippen LogP contribution is 2.24. The number of likely N-dealkylation sites (tertiary alicyclic amines) is 1. The second-order valence-electron chi connectivity index (χ2n) is 5.88. The van der Waals surface area contributed by atoms with E-state index < -0.39 is 0 Å². The van der Waals surface area contributed by atoms with Crippen LogP contribution in [0.3, 0.4) is 0 Å². The van der Waals surface area contributed by atoms with E-state index >= 15 is 0 Å². The largest absolute Gasteiger partial charge is 0.444 e. The molecule has 15 heavy (non-hydrogen) atoms. The van der Waals surface area contributed by atoms with Crippen molar-refractivity contribution < 1.29 is 9.53 Å². The first-order valence-corrected chi connectivity index (χ1v) is 5.76. The molecule has 0 spiro atoms. The van der Waals surface area contributed by atoms with Gasteiger partial charge in [-0.1, -0.05) is 13.8 Å². The fraction of sp³-hybridized carbons (Fsp3) is 0.917. The van der Waals surface area contributed by atoms with E-state index in [1.54, 1.807) is 4.90 Å². The normalized spacial score (nSPS) is 17.9. The van der Waals surface area contributed by atoms with Crippen LogP contribution in [-0.2, 0) is 4.74 Å². The quantitative estimate of drug-likeness (QED) is 0.706. The summed E-state index contributed by atoms with van der Waals surface area (Å²) >= 11 is 0. The molecule has 1 aliphatic heterocycles. The third-order valence-electron chi connectivity index (χ3n) is 2.41. The van der Waals surface area contributed by atoms with E-state index in [0.717, 1.165) is 19.0 Å². The molecule has 0 aromatic heterocycles. The van der Waals surface area contributed by atoms with Crippen molar-refractivity contribution >= 4 is 6.09 Å². The standard InChI is InChI=1S/C12H23NO2/c1-9(2)6-10-7-13(8-10)11(14)15-12(3,4)5/h9-10H,6-8H2,1-5H3. The molecule has 88 valence electrons. The molecule has 0 aromatic carbocycles. The first-order chi connectivity index (χ1) is 6.78. The smallest absolute Gasteiger partial charge is 0.410 e. The molecular formula is C12H23NO2. The summed E-state index contributed by atoms with van der Waals surface area (Å²) in [6.45, 7) is 11.9. The van der Waals surface area contributed by atoms with Gasteiger partial charge in [-0.25, -0.2) is 4.79 Å². The van der Waals surface area contributed by atoms with Crippen molar-refractivity contribution in [1.29, 1.82) is 0 Å². The fourth-order valence-corrected chi connectivity index (χ4v) is 1.86. The van der Waals surface area contributed by atoms with E-state index in [-0.39, 0.29) is 11.7 Å². The Labute approximate surface area is 92.8 Å². The Morgan fingerprint density at radius 3 is 2.33 bits per heavy atom. The van der Waals surface area contributed by atoms with Crippen LogP contribution in [0.2, 0.25) is 0 Å². The average molecular weight is 213 g/mol. The number of rotatable bonds is 2. The molecular weight excluding hydrogens is 190 g/mol. The zero-order valence-electron chi connectivity index (χ0n) is 10.5. The van der Waals surface area contributed by atoms with Gasteiger partial charge in [0, 0.05) is 13.1 Å². The van der Waals surface area contributed by atoms with Gasteiger partial charge in [-0.3, -0.25) is 0 Å². The van der Waals surface area contributed by atoms with Crippen LogP contribution in [0.25, 0.3) is 0 Å². The second kappa shape index (κ2) is 4.42. The van der Waals surface area contributed by atoms with E-state index in [0.29, 0.717) is 5.92 Å². The average Bonchev–Trinajstić information content (AvgIpc) is 1.91. The zero-order valence-corrected chi connectivity index (χ0v) is 10.5. The molecule has 0 bridgehead atoms. The summed E-state index contributed by atoms with van der Waals surface area (Å²) in [5, 5.41) is 0. The summed E-state index contributed by atoms with van der Waals surface area (Å²) in [5.41, 5.74) is -0.375. The van der Waals surface area contributed by atoms with Crippen LogP contribution < -0.4 is 0 Å². The van der Waals surface area contributed by atoms with Crippen LogP contribution in [0.15, 0.2) is 0 Å². The van der Waals surface area contributed by atoms with Crippen LogP contribution in [0.4, 0.5) is 4.79 Å². The Balaban J connectivity index is 2.24. The predicted molar refractivity (Wildman–Crippen MR) is 60.8 cm³/mol. The molecule has 1 saturated heterocycles. The van der Waals surface area contributed by atoms with Crippen molar-refractivity contribution in [3.63, 3.8) is 0 Å². The SMILES string of the molecule is CC(C)CC1CN(C(=O)OC(C)(C)C)C1. The van der Waals surface area contributed by atoms with E-state index in [1.165, 1.54) is 6.42 Å². The van der Waals surface area contributed by atoms with Crippen LogP contribution in [0.1, 0.15) is 41.0 Å². The van der Waals surface area contributed by atoms with Crippen molar-refractivity contribution in [1.82, 2.24) is 4.90 Å². The number of hydrogen-bond donors (Lipinski definition) is 0. The van der Waals surface area contributed by atoms with Gasteiger partial charge in [-0.2, -0.15) is 0 Å². The van der Waals surface area contributed by atoms with E-state index in [2.05, 4.69) is 13.8 Å². The predicted octanol–water partition coefficient (Wildman–Crippen LogP) is 2.90. The fourth-order valence-electron chi connectivity index (χ4n) is 1.86. The number of hydrogen-bond acceptors (Lipinski definition) is 2. The van der Waals surface area contributed by atoms with Gasteiger partial charge < -0.3 is 9.64 Å². The maximum absolute atomic E-state index is 11.6. The number of ether oxygens (including phenoxy) is 1. The number of carbonyl (C=O) groups excluding carboxylic acids is 1. The topological polar surface area (TPSA) is 29.5 Å². The van der Waals surface area contributed by atoms with Gasteiger partial charge >= 0.3 is 6.09 Å².